The topological polar surface area (TPSA) is 32.3 Å². The lowest BCUT2D eigenvalue weighted by molar-refractivity contribution is -0.137. The molecule has 1 aromatic rings. The molecular weight excluding hydrogens is 267 g/mol. The highest BCUT2D eigenvalue weighted by atomic mass is 19.4. The van der Waals surface area contributed by atoms with Gasteiger partial charge >= 0.3 is 6.18 Å². The molecule has 0 aliphatic heterocycles. The molecule has 2 nitrogen and oxygen atoms in total. The molecule has 0 saturated heterocycles. The van der Waals surface area contributed by atoms with E-state index >= 15 is 0 Å². The molecule has 20 heavy (non-hydrogen) atoms. The van der Waals surface area contributed by atoms with Crippen LogP contribution in [0.15, 0.2) is 24.3 Å². The fraction of sp³-hybridized carbons (Fsp3) is 0.600. The first kappa shape index (κ1) is 17.0. The monoisotopic (exact) mass is 289 g/mol. The van der Waals surface area contributed by atoms with Crippen LogP contribution in [0, 0.1) is 5.92 Å². The summed E-state index contributed by atoms with van der Waals surface area (Å²) < 4.78 is 37.3. The molecule has 1 rings (SSSR count). The average molecular weight is 289 g/mol. The first-order chi connectivity index (χ1) is 9.20. The van der Waals surface area contributed by atoms with Crippen LogP contribution >= 0.6 is 0 Å². The zero-order chi connectivity index (χ0) is 15.3. The standard InChI is InChI=1S/C15H22F3NO/c1-10(2)8-14(20)9-19-11(3)12-4-6-13(7-5-12)15(16,17)18/h4-7,10-11,14,19-20H,8-9H2,1-3H3. The SMILES string of the molecule is CC(C)CC(O)CNC(C)c1ccc(C(F)(F)F)cc1. The second kappa shape index (κ2) is 7.09. The summed E-state index contributed by atoms with van der Waals surface area (Å²) in [6.45, 7) is 6.36. The first-order valence-electron chi connectivity index (χ1n) is 6.78. The second-order valence-electron chi connectivity index (χ2n) is 5.53. The smallest absolute Gasteiger partial charge is 0.392 e. The summed E-state index contributed by atoms with van der Waals surface area (Å²) in [6, 6.07) is 5.00. The lowest BCUT2D eigenvalue weighted by Crippen LogP contribution is -2.30. The van der Waals surface area contributed by atoms with Gasteiger partial charge in [-0.25, -0.2) is 0 Å². The Morgan fingerprint density at radius 2 is 1.65 bits per heavy atom. The van der Waals surface area contributed by atoms with E-state index in [0.29, 0.717) is 18.9 Å². The Morgan fingerprint density at radius 1 is 1.10 bits per heavy atom. The zero-order valence-electron chi connectivity index (χ0n) is 12.0. The van der Waals surface area contributed by atoms with E-state index in [-0.39, 0.29) is 6.04 Å². The van der Waals surface area contributed by atoms with Crippen molar-refractivity contribution in [2.24, 2.45) is 5.92 Å². The van der Waals surface area contributed by atoms with E-state index in [1.165, 1.54) is 12.1 Å². The number of hydrogen-bond donors (Lipinski definition) is 2. The van der Waals surface area contributed by atoms with Crippen LogP contribution in [-0.4, -0.2) is 17.8 Å². The summed E-state index contributed by atoms with van der Waals surface area (Å²) >= 11 is 0. The van der Waals surface area contributed by atoms with Gasteiger partial charge in [0.05, 0.1) is 11.7 Å². The number of rotatable bonds is 6. The highest BCUT2D eigenvalue weighted by Gasteiger charge is 2.30. The van der Waals surface area contributed by atoms with Gasteiger partial charge in [0, 0.05) is 12.6 Å². The first-order valence-corrected chi connectivity index (χ1v) is 6.78. The van der Waals surface area contributed by atoms with Crippen molar-refractivity contribution in [3.8, 4) is 0 Å². The molecule has 2 atom stereocenters. The lowest BCUT2D eigenvalue weighted by Gasteiger charge is -2.19. The van der Waals surface area contributed by atoms with Gasteiger partial charge < -0.3 is 10.4 Å². The number of benzene rings is 1. The number of halogens is 3. The summed E-state index contributed by atoms with van der Waals surface area (Å²) in [5.74, 6) is 0.410. The zero-order valence-corrected chi connectivity index (χ0v) is 12.0. The molecule has 0 aliphatic rings. The summed E-state index contributed by atoms with van der Waals surface area (Å²) in [5, 5.41) is 12.9. The summed E-state index contributed by atoms with van der Waals surface area (Å²) in [6.07, 6.45) is -4.04. The number of aliphatic hydroxyl groups is 1. The Labute approximate surface area is 118 Å². The molecule has 0 aromatic heterocycles. The molecule has 0 heterocycles. The van der Waals surface area contributed by atoms with Crippen molar-refractivity contribution >= 4 is 0 Å². The molecule has 1 aromatic carbocycles. The van der Waals surface area contributed by atoms with Crippen LogP contribution in [0.4, 0.5) is 13.2 Å². The summed E-state index contributed by atoms with van der Waals surface area (Å²) in [7, 11) is 0. The van der Waals surface area contributed by atoms with Gasteiger partial charge in [-0.3, -0.25) is 0 Å². The summed E-state index contributed by atoms with van der Waals surface area (Å²) in [5.41, 5.74) is 0.128. The number of aliphatic hydroxyl groups excluding tert-OH is 1. The number of nitrogens with one attached hydrogen (secondary N) is 1. The number of hydrogen-bond acceptors (Lipinski definition) is 2. The minimum Gasteiger partial charge on any atom is -0.392 e. The fourth-order valence-corrected chi connectivity index (χ4v) is 2.02. The molecule has 2 N–H and O–H groups in total. The van der Waals surface area contributed by atoms with E-state index in [1.807, 2.05) is 20.8 Å². The maximum absolute atomic E-state index is 12.4. The maximum atomic E-state index is 12.4. The molecule has 0 fully saturated rings. The maximum Gasteiger partial charge on any atom is 0.416 e. The van der Waals surface area contributed by atoms with Gasteiger partial charge in [0.25, 0.3) is 0 Å². The van der Waals surface area contributed by atoms with Gasteiger partial charge in [0.15, 0.2) is 0 Å². The molecule has 0 saturated carbocycles. The van der Waals surface area contributed by atoms with Crippen LogP contribution in [0.3, 0.4) is 0 Å². The Kier molecular flexibility index (Phi) is 6.02. The third-order valence-corrected chi connectivity index (χ3v) is 3.14. The van der Waals surface area contributed by atoms with Crippen molar-refractivity contribution in [3.63, 3.8) is 0 Å². The largest absolute Gasteiger partial charge is 0.416 e. The van der Waals surface area contributed by atoms with Crippen molar-refractivity contribution in [2.45, 2.75) is 45.5 Å². The van der Waals surface area contributed by atoms with E-state index in [1.54, 1.807) is 0 Å². The molecular formula is C15H22F3NO. The number of alkyl halides is 3. The van der Waals surface area contributed by atoms with Crippen molar-refractivity contribution in [3.05, 3.63) is 35.4 Å². The molecule has 0 bridgehead atoms. The van der Waals surface area contributed by atoms with Gasteiger partial charge in [-0.2, -0.15) is 13.2 Å². The minimum absolute atomic E-state index is 0.0981. The summed E-state index contributed by atoms with van der Waals surface area (Å²) in [4.78, 5) is 0. The second-order valence-corrected chi connectivity index (χ2v) is 5.53. The van der Waals surface area contributed by atoms with E-state index in [9.17, 15) is 18.3 Å². The molecule has 5 heteroatoms. The van der Waals surface area contributed by atoms with Crippen molar-refractivity contribution < 1.29 is 18.3 Å². The lowest BCUT2D eigenvalue weighted by atomic mass is 10.0. The Bertz CT molecular complexity index is 401. The highest BCUT2D eigenvalue weighted by Crippen LogP contribution is 2.29. The normalized spacial score (nSPS) is 15.4. The van der Waals surface area contributed by atoms with Gasteiger partial charge in [0.1, 0.15) is 0 Å². The van der Waals surface area contributed by atoms with Crippen LogP contribution < -0.4 is 5.32 Å². The van der Waals surface area contributed by atoms with Gasteiger partial charge in [0.2, 0.25) is 0 Å². The third-order valence-electron chi connectivity index (χ3n) is 3.14. The fourth-order valence-electron chi connectivity index (χ4n) is 2.02. The Balaban J connectivity index is 2.54. The van der Waals surface area contributed by atoms with Crippen molar-refractivity contribution in [2.75, 3.05) is 6.54 Å². The van der Waals surface area contributed by atoms with Crippen LogP contribution in [0.1, 0.15) is 44.4 Å². The van der Waals surface area contributed by atoms with Gasteiger partial charge in [-0.15, -0.1) is 0 Å². The minimum atomic E-state index is -4.30. The molecule has 2 unspecified atom stereocenters. The quantitative estimate of drug-likeness (QED) is 0.835. The van der Waals surface area contributed by atoms with Gasteiger partial charge in [-0.1, -0.05) is 26.0 Å². The van der Waals surface area contributed by atoms with Crippen LogP contribution in [0.2, 0.25) is 0 Å². The molecule has 0 amide bonds. The molecule has 0 radical (unpaired) electrons. The third kappa shape index (κ3) is 5.51. The van der Waals surface area contributed by atoms with E-state index in [2.05, 4.69) is 5.32 Å². The predicted octanol–water partition coefficient (Wildman–Crippen LogP) is 3.76. The van der Waals surface area contributed by atoms with Gasteiger partial charge in [-0.05, 0) is 37.0 Å². The van der Waals surface area contributed by atoms with Crippen LogP contribution in [0.25, 0.3) is 0 Å². The highest BCUT2D eigenvalue weighted by molar-refractivity contribution is 5.26. The molecule has 114 valence electrons. The molecule has 0 aliphatic carbocycles. The Hall–Kier alpha value is -1.07. The van der Waals surface area contributed by atoms with Crippen molar-refractivity contribution in [1.29, 1.82) is 0 Å². The predicted molar refractivity (Wildman–Crippen MR) is 73.3 cm³/mol. The van der Waals surface area contributed by atoms with E-state index in [0.717, 1.165) is 17.7 Å². The van der Waals surface area contributed by atoms with Crippen LogP contribution in [0.5, 0.6) is 0 Å². The van der Waals surface area contributed by atoms with Crippen molar-refractivity contribution in [1.82, 2.24) is 5.32 Å². The van der Waals surface area contributed by atoms with E-state index in [4.69, 9.17) is 0 Å². The average Bonchev–Trinajstić information content (AvgIpc) is 2.34. The molecule has 0 spiro atoms. The Morgan fingerprint density at radius 3 is 2.10 bits per heavy atom. The van der Waals surface area contributed by atoms with E-state index < -0.39 is 17.8 Å². The van der Waals surface area contributed by atoms with Crippen LogP contribution in [-0.2, 0) is 6.18 Å².